The highest BCUT2D eigenvalue weighted by Gasteiger charge is 2.32. The molecule has 0 amide bonds. The van der Waals surface area contributed by atoms with E-state index in [1.807, 2.05) is 0 Å². The number of rotatable bonds is 3. The predicted octanol–water partition coefficient (Wildman–Crippen LogP) is 2.42. The Morgan fingerprint density at radius 3 is 2.57 bits per heavy atom. The molecule has 1 nitrogen and oxygen atoms in total. The number of nitrogens with two attached hydrogens (primary N) is 1. The molecule has 3 heteroatoms. The van der Waals surface area contributed by atoms with Gasteiger partial charge in [0.25, 0.3) is 0 Å². The summed E-state index contributed by atoms with van der Waals surface area (Å²) in [6, 6.07) is 3.74. The topological polar surface area (TPSA) is 26.0 Å². The quantitative estimate of drug-likeness (QED) is 0.791. The van der Waals surface area contributed by atoms with E-state index in [-0.39, 0.29) is 5.92 Å². The van der Waals surface area contributed by atoms with Crippen molar-refractivity contribution in [2.24, 2.45) is 11.7 Å². The van der Waals surface area contributed by atoms with E-state index in [4.69, 9.17) is 5.73 Å². The lowest BCUT2D eigenvalue weighted by atomic mass is 9.94. The first-order chi connectivity index (χ1) is 6.72. The fraction of sp³-hybridized carbons (Fsp3) is 0.455. The van der Waals surface area contributed by atoms with E-state index < -0.39 is 11.6 Å². The van der Waals surface area contributed by atoms with Crippen molar-refractivity contribution in [1.29, 1.82) is 0 Å². The van der Waals surface area contributed by atoms with Gasteiger partial charge in [0.1, 0.15) is 11.6 Å². The zero-order valence-corrected chi connectivity index (χ0v) is 7.84. The molecule has 0 bridgehead atoms. The van der Waals surface area contributed by atoms with E-state index >= 15 is 0 Å². The van der Waals surface area contributed by atoms with Crippen molar-refractivity contribution in [1.82, 2.24) is 0 Å². The number of benzene rings is 1. The SMILES string of the molecule is NCC(c1ccc(F)cc1F)C1CC1. The summed E-state index contributed by atoms with van der Waals surface area (Å²) in [6.07, 6.45) is 2.22. The van der Waals surface area contributed by atoms with E-state index in [2.05, 4.69) is 0 Å². The summed E-state index contributed by atoms with van der Waals surface area (Å²) >= 11 is 0. The monoisotopic (exact) mass is 197 g/mol. The lowest BCUT2D eigenvalue weighted by Gasteiger charge is -2.14. The van der Waals surface area contributed by atoms with Crippen molar-refractivity contribution in [2.75, 3.05) is 6.54 Å². The highest BCUT2D eigenvalue weighted by Crippen LogP contribution is 2.42. The molecule has 1 aromatic carbocycles. The summed E-state index contributed by atoms with van der Waals surface area (Å²) in [6.45, 7) is 0.438. The third kappa shape index (κ3) is 1.77. The van der Waals surface area contributed by atoms with Crippen molar-refractivity contribution in [3.8, 4) is 0 Å². The summed E-state index contributed by atoms with van der Waals surface area (Å²) in [7, 11) is 0. The molecule has 0 radical (unpaired) electrons. The average Bonchev–Trinajstić information content (AvgIpc) is 2.93. The first-order valence-electron chi connectivity index (χ1n) is 4.87. The van der Waals surface area contributed by atoms with Crippen LogP contribution in [0.2, 0.25) is 0 Å². The number of halogens is 2. The Labute approximate surface area is 81.9 Å². The van der Waals surface area contributed by atoms with Gasteiger partial charge < -0.3 is 5.73 Å². The van der Waals surface area contributed by atoms with Gasteiger partial charge >= 0.3 is 0 Å². The van der Waals surface area contributed by atoms with Crippen LogP contribution in [-0.2, 0) is 0 Å². The molecule has 1 fully saturated rings. The van der Waals surface area contributed by atoms with Crippen LogP contribution in [0.3, 0.4) is 0 Å². The van der Waals surface area contributed by atoms with Gasteiger partial charge in [-0.1, -0.05) is 6.07 Å². The van der Waals surface area contributed by atoms with Gasteiger partial charge in [-0.25, -0.2) is 8.78 Å². The molecule has 1 unspecified atom stereocenters. The zero-order chi connectivity index (χ0) is 10.1. The molecule has 0 heterocycles. The van der Waals surface area contributed by atoms with Gasteiger partial charge in [-0.15, -0.1) is 0 Å². The van der Waals surface area contributed by atoms with E-state index in [1.165, 1.54) is 12.1 Å². The first-order valence-corrected chi connectivity index (χ1v) is 4.87. The molecule has 0 aliphatic heterocycles. The molecule has 14 heavy (non-hydrogen) atoms. The predicted molar refractivity (Wildman–Crippen MR) is 50.9 cm³/mol. The molecule has 0 spiro atoms. The Hall–Kier alpha value is -0.960. The molecule has 0 saturated heterocycles. The van der Waals surface area contributed by atoms with Crippen LogP contribution in [0.15, 0.2) is 18.2 Å². The maximum atomic E-state index is 13.4. The van der Waals surface area contributed by atoms with Crippen LogP contribution in [0.25, 0.3) is 0 Å². The molecule has 76 valence electrons. The van der Waals surface area contributed by atoms with Crippen molar-refractivity contribution < 1.29 is 8.78 Å². The molecule has 1 aromatic rings. The third-order valence-electron chi connectivity index (χ3n) is 2.81. The summed E-state index contributed by atoms with van der Waals surface area (Å²) in [5.41, 5.74) is 6.16. The van der Waals surface area contributed by atoms with E-state index in [0.29, 0.717) is 18.0 Å². The van der Waals surface area contributed by atoms with Crippen LogP contribution in [0, 0.1) is 17.6 Å². The minimum atomic E-state index is -0.530. The van der Waals surface area contributed by atoms with Crippen LogP contribution >= 0.6 is 0 Å². The maximum Gasteiger partial charge on any atom is 0.129 e. The molecular formula is C11H13F2N. The second kappa shape index (κ2) is 3.65. The summed E-state index contributed by atoms with van der Waals surface area (Å²) < 4.78 is 26.0. The highest BCUT2D eigenvalue weighted by molar-refractivity contribution is 5.24. The fourth-order valence-corrected chi connectivity index (χ4v) is 1.87. The third-order valence-corrected chi connectivity index (χ3v) is 2.81. The zero-order valence-electron chi connectivity index (χ0n) is 7.84. The van der Waals surface area contributed by atoms with E-state index in [9.17, 15) is 8.78 Å². The van der Waals surface area contributed by atoms with Crippen LogP contribution < -0.4 is 5.73 Å². The minimum Gasteiger partial charge on any atom is -0.330 e. The van der Waals surface area contributed by atoms with Gasteiger partial charge in [0.15, 0.2) is 0 Å². The smallest absolute Gasteiger partial charge is 0.129 e. The fourth-order valence-electron chi connectivity index (χ4n) is 1.87. The van der Waals surface area contributed by atoms with Gasteiger partial charge in [-0.3, -0.25) is 0 Å². The van der Waals surface area contributed by atoms with Gasteiger partial charge in [0.05, 0.1) is 0 Å². The maximum absolute atomic E-state index is 13.4. The van der Waals surface area contributed by atoms with Crippen molar-refractivity contribution >= 4 is 0 Å². The molecule has 1 aliphatic carbocycles. The molecule has 2 rings (SSSR count). The van der Waals surface area contributed by atoms with Gasteiger partial charge in [-0.2, -0.15) is 0 Å². The second-order valence-electron chi connectivity index (χ2n) is 3.85. The summed E-state index contributed by atoms with van der Waals surface area (Å²) in [5.74, 6) is -0.430. The molecule has 2 N–H and O–H groups in total. The van der Waals surface area contributed by atoms with Crippen molar-refractivity contribution in [3.63, 3.8) is 0 Å². The summed E-state index contributed by atoms with van der Waals surface area (Å²) in [5, 5.41) is 0. The second-order valence-corrected chi connectivity index (χ2v) is 3.85. The van der Waals surface area contributed by atoms with E-state index in [1.54, 1.807) is 0 Å². The lowest BCUT2D eigenvalue weighted by Crippen LogP contribution is -2.15. The molecular weight excluding hydrogens is 184 g/mol. The average molecular weight is 197 g/mol. The Balaban J connectivity index is 2.29. The van der Waals surface area contributed by atoms with Crippen LogP contribution in [0.1, 0.15) is 24.3 Å². The normalized spacial score (nSPS) is 18.2. The molecule has 1 aliphatic rings. The molecule has 1 saturated carbocycles. The highest BCUT2D eigenvalue weighted by atomic mass is 19.1. The van der Waals surface area contributed by atoms with Crippen LogP contribution in [-0.4, -0.2) is 6.54 Å². The van der Waals surface area contributed by atoms with Gasteiger partial charge in [0, 0.05) is 12.0 Å². The molecule has 0 aromatic heterocycles. The number of hydrogen-bond acceptors (Lipinski definition) is 1. The lowest BCUT2D eigenvalue weighted by molar-refractivity contribution is 0.532. The minimum absolute atomic E-state index is 0.0654. The first kappa shape index (κ1) is 9.59. The standard InChI is InChI=1S/C11H13F2N/c12-8-3-4-9(11(13)5-8)10(6-14)7-1-2-7/h3-5,7,10H,1-2,6,14H2. The number of hydrogen-bond donors (Lipinski definition) is 1. The van der Waals surface area contributed by atoms with Crippen molar-refractivity contribution in [3.05, 3.63) is 35.4 Å². The largest absolute Gasteiger partial charge is 0.330 e. The Morgan fingerprint density at radius 1 is 1.36 bits per heavy atom. The van der Waals surface area contributed by atoms with Crippen LogP contribution in [0.5, 0.6) is 0 Å². The van der Waals surface area contributed by atoms with Crippen molar-refractivity contribution in [2.45, 2.75) is 18.8 Å². The Bertz CT molecular complexity index is 334. The van der Waals surface area contributed by atoms with Crippen LogP contribution in [0.4, 0.5) is 8.78 Å². The Morgan fingerprint density at radius 2 is 2.07 bits per heavy atom. The molecule has 1 atom stereocenters. The van der Waals surface area contributed by atoms with Gasteiger partial charge in [-0.05, 0) is 36.9 Å². The summed E-state index contributed by atoms with van der Waals surface area (Å²) in [4.78, 5) is 0. The van der Waals surface area contributed by atoms with E-state index in [0.717, 1.165) is 18.9 Å². The Kier molecular flexibility index (Phi) is 2.50. The van der Waals surface area contributed by atoms with Gasteiger partial charge in [0.2, 0.25) is 0 Å².